The highest BCUT2D eigenvalue weighted by molar-refractivity contribution is 5.98. The highest BCUT2D eigenvalue weighted by atomic mass is 16.5. The number of amides is 1. The molecule has 0 spiro atoms. The number of hydrogen-bond donors (Lipinski definition) is 1. The van der Waals surface area contributed by atoms with Crippen molar-refractivity contribution < 1.29 is 23.5 Å². The number of nitrogens with one attached hydrogen (secondary N) is 1. The van der Waals surface area contributed by atoms with Gasteiger partial charge in [0.1, 0.15) is 17.3 Å². The van der Waals surface area contributed by atoms with Crippen molar-refractivity contribution in [2.24, 2.45) is 5.10 Å². The average molecular weight is 378 g/mol. The fourth-order valence-electron chi connectivity index (χ4n) is 2.60. The Morgan fingerprint density at radius 2 is 1.68 bits per heavy atom. The van der Waals surface area contributed by atoms with Gasteiger partial charge >= 0.3 is 5.97 Å². The Hall–Kier alpha value is -3.87. The summed E-state index contributed by atoms with van der Waals surface area (Å²) in [6.45, 7) is 0. The van der Waals surface area contributed by atoms with Gasteiger partial charge in [0.15, 0.2) is 0 Å². The number of rotatable bonds is 6. The number of carbonyl (C=O) groups is 2. The van der Waals surface area contributed by atoms with Gasteiger partial charge in [-0.15, -0.1) is 0 Å². The molecule has 0 fully saturated rings. The molecule has 0 radical (unpaired) electrons. The minimum absolute atomic E-state index is 0.370. The molecule has 0 aliphatic heterocycles. The largest absolute Gasteiger partial charge is 0.496 e. The standard InChI is InChI=1S/C21H18N2O5/c1-26-18-10-6-5-9-17(18)20(24)23-22-13-14-11-12-19(28-14)15-7-3-4-8-16(15)21(25)27-2/h3-13H,1-2H3,(H,23,24)/b22-13-. The summed E-state index contributed by atoms with van der Waals surface area (Å²) < 4.78 is 15.7. The second kappa shape index (κ2) is 8.68. The molecule has 0 atom stereocenters. The number of hydrazone groups is 1. The minimum atomic E-state index is -0.453. The van der Waals surface area contributed by atoms with Crippen molar-refractivity contribution in [1.82, 2.24) is 5.43 Å². The second-order valence-electron chi connectivity index (χ2n) is 5.64. The third-order valence-corrected chi connectivity index (χ3v) is 3.93. The van der Waals surface area contributed by atoms with Crippen LogP contribution in [0.5, 0.6) is 5.75 Å². The highest BCUT2D eigenvalue weighted by Crippen LogP contribution is 2.26. The van der Waals surface area contributed by atoms with Crippen LogP contribution in [-0.2, 0) is 4.74 Å². The topological polar surface area (TPSA) is 90.1 Å². The third kappa shape index (κ3) is 4.09. The monoisotopic (exact) mass is 378 g/mol. The van der Waals surface area contributed by atoms with Crippen LogP contribution in [0.15, 0.2) is 70.2 Å². The van der Waals surface area contributed by atoms with E-state index in [2.05, 4.69) is 10.5 Å². The van der Waals surface area contributed by atoms with Crippen molar-refractivity contribution in [3.05, 3.63) is 77.6 Å². The predicted molar refractivity (Wildman–Crippen MR) is 104 cm³/mol. The van der Waals surface area contributed by atoms with Gasteiger partial charge in [-0.2, -0.15) is 5.10 Å². The van der Waals surface area contributed by atoms with Crippen LogP contribution >= 0.6 is 0 Å². The molecule has 3 aromatic rings. The van der Waals surface area contributed by atoms with Gasteiger partial charge < -0.3 is 13.9 Å². The van der Waals surface area contributed by atoms with Crippen LogP contribution in [0.2, 0.25) is 0 Å². The molecule has 0 aliphatic rings. The first kappa shape index (κ1) is 18.9. The van der Waals surface area contributed by atoms with E-state index in [9.17, 15) is 9.59 Å². The van der Waals surface area contributed by atoms with Gasteiger partial charge in [0.2, 0.25) is 0 Å². The van der Waals surface area contributed by atoms with Crippen LogP contribution in [0.3, 0.4) is 0 Å². The zero-order valence-corrected chi connectivity index (χ0v) is 15.3. The predicted octanol–water partition coefficient (Wildman–Crippen LogP) is 3.51. The summed E-state index contributed by atoms with van der Waals surface area (Å²) in [4.78, 5) is 24.1. The molecule has 0 unspecified atom stereocenters. The van der Waals surface area contributed by atoms with Gasteiger partial charge in [-0.3, -0.25) is 4.79 Å². The number of methoxy groups -OCH3 is 2. The highest BCUT2D eigenvalue weighted by Gasteiger charge is 2.15. The molecule has 3 rings (SSSR count). The Labute approximate surface area is 161 Å². The van der Waals surface area contributed by atoms with Crippen molar-refractivity contribution in [3.8, 4) is 17.1 Å². The second-order valence-corrected chi connectivity index (χ2v) is 5.64. The van der Waals surface area contributed by atoms with Crippen LogP contribution in [0.1, 0.15) is 26.5 Å². The SMILES string of the molecule is COC(=O)c1ccccc1-c1ccc(/C=N\NC(=O)c2ccccc2OC)o1. The molecular weight excluding hydrogens is 360 g/mol. The van der Waals surface area contributed by atoms with Crippen molar-refractivity contribution in [1.29, 1.82) is 0 Å². The number of carbonyl (C=O) groups excluding carboxylic acids is 2. The Morgan fingerprint density at radius 1 is 0.964 bits per heavy atom. The molecule has 0 bridgehead atoms. The van der Waals surface area contributed by atoms with E-state index in [4.69, 9.17) is 13.9 Å². The number of hydrogen-bond acceptors (Lipinski definition) is 6. The van der Waals surface area contributed by atoms with E-state index < -0.39 is 11.9 Å². The Kier molecular flexibility index (Phi) is 5.86. The van der Waals surface area contributed by atoms with E-state index in [1.54, 1.807) is 60.7 Å². The van der Waals surface area contributed by atoms with Crippen molar-refractivity contribution >= 4 is 18.1 Å². The van der Waals surface area contributed by atoms with E-state index in [0.717, 1.165) is 0 Å². The molecule has 1 heterocycles. The number of furan rings is 1. The maximum atomic E-state index is 12.2. The Bertz CT molecular complexity index is 1020. The van der Waals surface area contributed by atoms with Gasteiger partial charge in [-0.25, -0.2) is 10.2 Å². The molecule has 0 saturated carbocycles. The Morgan fingerprint density at radius 3 is 2.43 bits per heavy atom. The lowest BCUT2D eigenvalue weighted by molar-refractivity contribution is 0.0601. The fourth-order valence-corrected chi connectivity index (χ4v) is 2.60. The molecule has 1 N–H and O–H groups in total. The van der Waals surface area contributed by atoms with Gasteiger partial charge in [0, 0.05) is 5.56 Å². The van der Waals surface area contributed by atoms with Crippen molar-refractivity contribution in [2.75, 3.05) is 14.2 Å². The van der Waals surface area contributed by atoms with E-state index in [1.165, 1.54) is 20.4 Å². The summed E-state index contributed by atoms with van der Waals surface area (Å²) in [7, 11) is 2.82. The van der Waals surface area contributed by atoms with E-state index >= 15 is 0 Å². The van der Waals surface area contributed by atoms with E-state index in [0.29, 0.717) is 34.0 Å². The Balaban J connectivity index is 1.73. The van der Waals surface area contributed by atoms with Crippen molar-refractivity contribution in [2.45, 2.75) is 0 Å². The van der Waals surface area contributed by atoms with Crippen molar-refractivity contribution in [3.63, 3.8) is 0 Å². The minimum Gasteiger partial charge on any atom is -0.496 e. The normalized spacial score (nSPS) is 10.6. The van der Waals surface area contributed by atoms with Crippen LogP contribution < -0.4 is 10.2 Å². The van der Waals surface area contributed by atoms with Crippen LogP contribution in [0.25, 0.3) is 11.3 Å². The summed E-state index contributed by atoms with van der Waals surface area (Å²) in [6.07, 6.45) is 1.37. The van der Waals surface area contributed by atoms with Gasteiger partial charge in [0.05, 0.1) is 31.6 Å². The lowest BCUT2D eigenvalue weighted by Gasteiger charge is -2.05. The smallest absolute Gasteiger partial charge is 0.338 e. The fraction of sp³-hybridized carbons (Fsp3) is 0.0952. The number of esters is 1. The molecular formula is C21H18N2O5. The quantitative estimate of drug-likeness (QED) is 0.403. The summed E-state index contributed by atoms with van der Waals surface area (Å²) in [5.74, 6) is 0.492. The summed E-state index contributed by atoms with van der Waals surface area (Å²) >= 11 is 0. The maximum absolute atomic E-state index is 12.2. The average Bonchev–Trinajstić information content (AvgIpc) is 3.21. The molecule has 142 valence electrons. The zero-order chi connectivity index (χ0) is 19.9. The number of ether oxygens (including phenoxy) is 2. The molecule has 7 nitrogen and oxygen atoms in total. The molecule has 2 aromatic carbocycles. The van der Waals surface area contributed by atoms with Crippen LogP contribution in [-0.4, -0.2) is 32.3 Å². The number of nitrogens with zero attached hydrogens (tertiary/aromatic N) is 1. The van der Waals surface area contributed by atoms with E-state index in [1.807, 2.05) is 0 Å². The zero-order valence-electron chi connectivity index (χ0n) is 15.3. The van der Waals surface area contributed by atoms with Gasteiger partial charge in [0.25, 0.3) is 5.91 Å². The molecule has 1 aromatic heterocycles. The first-order valence-corrected chi connectivity index (χ1v) is 8.38. The van der Waals surface area contributed by atoms with Gasteiger partial charge in [-0.1, -0.05) is 30.3 Å². The molecule has 1 amide bonds. The summed E-state index contributed by atoms with van der Waals surface area (Å²) in [5, 5.41) is 3.91. The first-order valence-electron chi connectivity index (χ1n) is 8.38. The van der Waals surface area contributed by atoms with Gasteiger partial charge in [-0.05, 0) is 30.3 Å². The number of benzene rings is 2. The molecule has 0 saturated heterocycles. The lowest BCUT2D eigenvalue weighted by atomic mass is 10.1. The molecule has 7 heteroatoms. The maximum Gasteiger partial charge on any atom is 0.338 e. The molecule has 0 aliphatic carbocycles. The summed E-state index contributed by atoms with van der Waals surface area (Å²) in [6, 6.07) is 17.2. The third-order valence-electron chi connectivity index (χ3n) is 3.93. The molecule has 28 heavy (non-hydrogen) atoms. The summed E-state index contributed by atoms with van der Waals surface area (Å²) in [5.41, 5.74) is 3.80. The lowest BCUT2D eigenvalue weighted by Crippen LogP contribution is -2.18. The number of para-hydroxylation sites is 1. The van der Waals surface area contributed by atoms with Crippen LogP contribution in [0, 0.1) is 0 Å². The van der Waals surface area contributed by atoms with Crippen LogP contribution in [0.4, 0.5) is 0 Å². The first-order chi connectivity index (χ1) is 13.6. The van der Waals surface area contributed by atoms with E-state index in [-0.39, 0.29) is 0 Å².